The molecule has 0 fully saturated rings. The van der Waals surface area contributed by atoms with Crippen LogP contribution < -0.4 is 10.6 Å². The molecule has 0 radical (unpaired) electrons. The van der Waals surface area contributed by atoms with E-state index in [0.717, 1.165) is 22.3 Å². The lowest BCUT2D eigenvalue weighted by Crippen LogP contribution is -2.03. The van der Waals surface area contributed by atoms with E-state index in [1.54, 1.807) is 36.5 Å². The van der Waals surface area contributed by atoms with E-state index >= 15 is 0 Å². The summed E-state index contributed by atoms with van der Waals surface area (Å²) in [5.74, 6) is 0.00843. The van der Waals surface area contributed by atoms with Gasteiger partial charge in [-0.25, -0.2) is 9.78 Å². The lowest BCUT2D eigenvalue weighted by molar-refractivity contribution is 0.0697. The molecule has 0 aliphatic rings. The van der Waals surface area contributed by atoms with E-state index in [2.05, 4.69) is 25.6 Å². The summed E-state index contributed by atoms with van der Waals surface area (Å²) in [6.07, 6.45) is 1.74. The molecule has 2 aromatic carbocycles. The van der Waals surface area contributed by atoms with Crippen molar-refractivity contribution in [3.63, 3.8) is 0 Å². The van der Waals surface area contributed by atoms with E-state index in [1.807, 2.05) is 37.3 Å². The highest BCUT2D eigenvalue weighted by Crippen LogP contribution is 2.24. The molecule has 0 saturated heterocycles. The smallest absolute Gasteiger partial charge is 0.335 e. The van der Waals surface area contributed by atoms with Crippen LogP contribution in [0.5, 0.6) is 0 Å². The first-order chi connectivity index (χ1) is 13.6. The van der Waals surface area contributed by atoms with Crippen molar-refractivity contribution in [3.8, 4) is 0 Å². The van der Waals surface area contributed by atoms with Gasteiger partial charge in [0, 0.05) is 29.0 Å². The number of carboxylic acids is 1. The summed E-state index contributed by atoms with van der Waals surface area (Å²) in [7, 11) is 0. The Bertz CT molecular complexity index is 1170. The standard InChI is InChI=1S/C21H17N5O2/c1-13-11-18(24-16-8-2-6-15(12-16)20(27)28)26-21(23-13)25-17-9-3-5-14-7-4-10-22-19(14)17/h2-12H,1H3,(H,27,28)(H2,23,24,25,26). The van der Waals surface area contributed by atoms with E-state index in [4.69, 9.17) is 5.11 Å². The molecule has 138 valence electrons. The fraction of sp³-hybridized carbons (Fsp3) is 0.0476. The molecule has 3 N–H and O–H groups in total. The first-order valence-electron chi connectivity index (χ1n) is 8.65. The van der Waals surface area contributed by atoms with E-state index in [-0.39, 0.29) is 5.56 Å². The van der Waals surface area contributed by atoms with Crippen LogP contribution in [0.1, 0.15) is 16.1 Å². The number of para-hydroxylation sites is 1. The molecule has 0 unspecified atom stereocenters. The van der Waals surface area contributed by atoms with Crippen LogP contribution in [-0.4, -0.2) is 26.0 Å². The highest BCUT2D eigenvalue weighted by atomic mass is 16.4. The summed E-state index contributed by atoms with van der Waals surface area (Å²) in [5, 5.41) is 16.5. The molecule has 7 heteroatoms. The number of aryl methyl sites for hydroxylation is 1. The van der Waals surface area contributed by atoms with E-state index in [1.165, 1.54) is 0 Å². The van der Waals surface area contributed by atoms with E-state index < -0.39 is 5.97 Å². The lowest BCUT2D eigenvalue weighted by Gasteiger charge is -2.11. The number of anilines is 4. The fourth-order valence-electron chi connectivity index (χ4n) is 2.89. The van der Waals surface area contributed by atoms with Crippen LogP contribution >= 0.6 is 0 Å². The minimum atomic E-state index is -0.978. The Kier molecular flexibility index (Phi) is 4.55. The molecular formula is C21H17N5O2. The largest absolute Gasteiger partial charge is 0.478 e. The van der Waals surface area contributed by atoms with Crippen molar-refractivity contribution in [2.24, 2.45) is 0 Å². The molecule has 2 heterocycles. The van der Waals surface area contributed by atoms with Crippen molar-refractivity contribution in [2.75, 3.05) is 10.6 Å². The second-order valence-electron chi connectivity index (χ2n) is 6.23. The average Bonchev–Trinajstić information content (AvgIpc) is 2.68. The summed E-state index contributed by atoms with van der Waals surface area (Å²) in [5.41, 5.74) is 3.25. The summed E-state index contributed by atoms with van der Waals surface area (Å²) >= 11 is 0. The molecule has 4 aromatic rings. The van der Waals surface area contributed by atoms with Gasteiger partial charge in [-0.15, -0.1) is 0 Å². The van der Waals surface area contributed by atoms with Crippen LogP contribution in [0.2, 0.25) is 0 Å². The number of rotatable bonds is 5. The number of hydrogen-bond acceptors (Lipinski definition) is 6. The number of nitrogens with zero attached hydrogens (tertiary/aromatic N) is 3. The quantitative estimate of drug-likeness (QED) is 0.474. The number of hydrogen-bond donors (Lipinski definition) is 3. The molecule has 0 amide bonds. The summed E-state index contributed by atoms with van der Waals surface area (Å²) in [6.45, 7) is 1.87. The topological polar surface area (TPSA) is 100 Å². The van der Waals surface area contributed by atoms with Crippen molar-refractivity contribution in [3.05, 3.63) is 78.1 Å². The van der Waals surface area contributed by atoms with Crippen LogP contribution in [-0.2, 0) is 0 Å². The molecule has 2 aromatic heterocycles. The van der Waals surface area contributed by atoms with Crippen LogP contribution in [0.3, 0.4) is 0 Å². The molecule has 0 aliphatic carbocycles. The molecule has 0 spiro atoms. The molecule has 28 heavy (non-hydrogen) atoms. The van der Waals surface area contributed by atoms with Gasteiger partial charge in [0.25, 0.3) is 0 Å². The molecule has 0 saturated carbocycles. The third-order valence-electron chi connectivity index (χ3n) is 4.12. The molecule has 0 aliphatic heterocycles. The predicted octanol–water partition coefficient (Wildman–Crippen LogP) is 4.52. The van der Waals surface area contributed by atoms with E-state index in [0.29, 0.717) is 17.5 Å². The van der Waals surface area contributed by atoms with Crippen LogP contribution in [0.25, 0.3) is 10.9 Å². The number of pyridine rings is 1. The Morgan fingerprint density at radius 1 is 0.964 bits per heavy atom. The maximum Gasteiger partial charge on any atom is 0.335 e. The molecule has 0 atom stereocenters. The van der Waals surface area contributed by atoms with Crippen molar-refractivity contribution < 1.29 is 9.90 Å². The average molecular weight is 371 g/mol. The van der Waals surface area contributed by atoms with Crippen molar-refractivity contribution in [1.29, 1.82) is 0 Å². The highest BCUT2D eigenvalue weighted by Gasteiger charge is 2.08. The van der Waals surface area contributed by atoms with Gasteiger partial charge in [0.2, 0.25) is 5.95 Å². The Balaban J connectivity index is 1.64. The predicted molar refractivity (Wildman–Crippen MR) is 108 cm³/mol. The summed E-state index contributed by atoms with van der Waals surface area (Å²) in [6, 6.07) is 18.1. The van der Waals surface area contributed by atoms with Gasteiger partial charge in [-0.2, -0.15) is 4.98 Å². The maximum atomic E-state index is 11.2. The summed E-state index contributed by atoms with van der Waals surface area (Å²) in [4.78, 5) is 24.5. The van der Waals surface area contributed by atoms with Crippen molar-refractivity contribution in [2.45, 2.75) is 6.92 Å². The molecule has 0 bridgehead atoms. The summed E-state index contributed by atoms with van der Waals surface area (Å²) < 4.78 is 0. The minimum Gasteiger partial charge on any atom is -0.478 e. The van der Waals surface area contributed by atoms with Gasteiger partial charge < -0.3 is 15.7 Å². The van der Waals surface area contributed by atoms with Gasteiger partial charge in [0.05, 0.1) is 16.8 Å². The van der Waals surface area contributed by atoms with Crippen molar-refractivity contribution >= 4 is 40.0 Å². The normalized spacial score (nSPS) is 10.6. The van der Waals surface area contributed by atoms with Gasteiger partial charge >= 0.3 is 5.97 Å². The van der Waals surface area contributed by atoms with Gasteiger partial charge in [-0.3, -0.25) is 4.98 Å². The number of carbonyl (C=O) groups is 1. The first kappa shape index (κ1) is 17.4. The number of carboxylic acid groups (broad SMARTS) is 1. The Hall–Kier alpha value is -4.00. The number of aromatic carboxylic acids is 1. The van der Waals surface area contributed by atoms with Crippen LogP contribution in [0.15, 0.2) is 66.9 Å². The van der Waals surface area contributed by atoms with Crippen LogP contribution in [0, 0.1) is 6.92 Å². The van der Waals surface area contributed by atoms with Gasteiger partial charge in [-0.1, -0.05) is 24.3 Å². The van der Waals surface area contributed by atoms with Gasteiger partial charge in [-0.05, 0) is 37.3 Å². The zero-order chi connectivity index (χ0) is 19.5. The van der Waals surface area contributed by atoms with Crippen molar-refractivity contribution in [1.82, 2.24) is 15.0 Å². The monoisotopic (exact) mass is 371 g/mol. The SMILES string of the molecule is Cc1cc(Nc2cccc(C(=O)O)c2)nc(Nc2cccc3cccnc23)n1. The zero-order valence-corrected chi connectivity index (χ0v) is 15.0. The fourth-order valence-corrected chi connectivity index (χ4v) is 2.89. The second-order valence-corrected chi connectivity index (χ2v) is 6.23. The number of fused-ring (bicyclic) bond motifs is 1. The molecular weight excluding hydrogens is 354 g/mol. The number of nitrogens with one attached hydrogen (secondary N) is 2. The third-order valence-corrected chi connectivity index (χ3v) is 4.12. The Morgan fingerprint density at radius 2 is 1.79 bits per heavy atom. The second kappa shape index (κ2) is 7.32. The third kappa shape index (κ3) is 3.73. The maximum absolute atomic E-state index is 11.2. The number of aromatic nitrogens is 3. The molecule has 4 rings (SSSR count). The van der Waals surface area contributed by atoms with Crippen LogP contribution in [0.4, 0.5) is 23.1 Å². The first-order valence-corrected chi connectivity index (χ1v) is 8.65. The lowest BCUT2D eigenvalue weighted by atomic mass is 10.2. The highest BCUT2D eigenvalue weighted by molar-refractivity contribution is 5.91. The van der Waals surface area contributed by atoms with Gasteiger partial charge in [0.1, 0.15) is 5.82 Å². The Labute approximate surface area is 161 Å². The van der Waals surface area contributed by atoms with Gasteiger partial charge in [0.15, 0.2) is 0 Å². The zero-order valence-electron chi connectivity index (χ0n) is 15.0. The van der Waals surface area contributed by atoms with E-state index in [9.17, 15) is 4.79 Å². The molecule has 7 nitrogen and oxygen atoms in total. The Morgan fingerprint density at radius 3 is 2.64 bits per heavy atom. The number of benzene rings is 2. The minimum absolute atomic E-state index is 0.205.